The second-order valence-electron chi connectivity index (χ2n) is 9.83. The zero-order chi connectivity index (χ0) is 26.4. The average Bonchev–Trinajstić information content (AvgIpc) is 3.51. The van der Waals surface area contributed by atoms with E-state index >= 15 is 0 Å². The maximum atomic E-state index is 14.1. The summed E-state index contributed by atoms with van der Waals surface area (Å²) in [6.45, 7) is 3.03. The van der Waals surface area contributed by atoms with E-state index in [2.05, 4.69) is 17.2 Å². The lowest BCUT2D eigenvalue weighted by atomic mass is 10.0. The summed E-state index contributed by atoms with van der Waals surface area (Å²) in [5.41, 5.74) is 3.84. The van der Waals surface area contributed by atoms with E-state index in [4.69, 9.17) is 4.74 Å². The number of pyridine rings is 1. The number of hydrogen-bond donors (Lipinski definition) is 0. The minimum absolute atomic E-state index is 0.115. The van der Waals surface area contributed by atoms with Crippen LogP contribution in [0.4, 0.5) is 0 Å². The third kappa shape index (κ3) is 4.17. The number of benzene rings is 2. The lowest BCUT2D eigenvalue weighted by molar-refractivity contribution is -0.0286. The molecular formula is C29H28N4O4S. The first-order chi connectivity index (χ1) is 18.3. The van der Waals surface area contributed by atoms with Crippen LogP contribution in [0.2, 0.25) is 0 Å². The molecule has 0 amide bonds. The van der Waals surface area contributed by atoms with E-state index in [9.17, 15) is 13.2 Å². The van der Waals surface area contributed by atoms with Crippen LogP contribution in [0, 0.1) is 6.92 Å². The fourth-order valence-electron chi connectivity index (χ4n) is 4.90. The van der Waals surface area contributed by atoms with Gasteiger partial charge in [0.05, 0.1) is 36.0 Å². The van der Waals surface area contributed by atoms with Crippen LogP contribution in [-0.2, 0) is 34.6 Å². The molecule has 0 N–H and O–H groups in total. The Balaban J connectivity index is 1.58. The summed E-state index contributed by atoms with van der Waals surface area (Å²) in [4.78, 5) is 13.7. The Morgan fingerprint density at radius 1 is 1.00 bits per heavy atom. The van der Waals surface area contributed by atoms with Crippen molar-refractivity contribution in [1.82, 2.24) is 18.3 Å². The molecule has 0 aliphatic carbocycles. The van der Waals surface area contributed by atoms with Gasteiger partial charge < -0.3 is 9.30 Å². The third-order valence-corrected chi connectivity index (χ3v) is 8.88. The topological polar surface area (TPSA) is 88.1 Å². The summed E-state index contributed by atoms with van der Waals surface area (Å²) in [6, 6.07) is 18.7. The molecule has 4 heterocycles. The van der Waals surface area contributed by atoms with Crippen molar-refractivity contribution in [2.75, 3.05) is 13.2 Å². The van der Waals surface area contributed by atoms with Gasteiger partial charge >= 0.3 is 0 Å². The number of ether oxygens (including phenoxy) is 1. The second-order valence-corrected chi connectivity index (χ2v) is 11.6. The van der Waals surface area contributed by atoms with Gasteiger partial charge in [0.25, 0.3) is 15.6 Å². The van der Waals surface area contributed by atoms with Gasteiger partial charge in [-0.3, -0.25) is 9.48 Å². The van der Waals surface area contributed by atoms with Gasteiger partial charge in [-0.2, -0.15) is 5.10 Å². The molecule has 0 saturated carbocycles. The molecule has 1 saturated heterocycles. The van der Waals surface area contributed by atoms with E-state index in [1.807, 2.05) is 43.6 Å². The molecule has 1 fully saturated rings. The van der Waals surface area contributed by atoms with Gasteiger partial charge in [-0.15, -0.1) is 0 Å². The van der Waals surface area contributed by atoms with E-state index in [-0.39, 0.29) is 22.0 Å². The monoisotopic (exact) mass is 528 g/mol. The van der Waals surface area contributed by atoms with E-state index < -0.39 is 10.0 Å². The average molecular weight is 529 g/mol. The molecule has 0 unspecified atom stereocenters. The third-order valence-electron chi connectivity index (χ3n) is 7.15. The SMILES string of the molecule is Cc1ccc(S(=O)(=O)n2c(-c3cnn(C4COC4)c3)cc3c(CCc4ccccc4)cn(C)c(=O)c32)cc1. The van der Waals surface area contributed by atoms with Gasteiger partial charge in [0.2, 0.25) is 0 Å². The van der Waals surface area contributed by atoms with Crippen molar-refractivity contribution < 1.29 is 13.2 Å². The minimum Gasteiger partial charge on any atom is -0.377 e. The minimum atomic E-state index is -4.10. The molecule has 0 bridgehead atoms. The van der Waals surface area contributed by atoms with Crippen molar-refractivity contribution in [3.8, 4) is 11.3 Å². The molecule has 5 aromatic rings. The number of hydrogen-bond acceptors (Lipinski definition) is 5. The highest BCUT2D eigenvalue weighted by atomic mass is 32.2. The predicted molar refractivity (Wildman–Crippen MR) is 146 cm³/mol. The summed E-state index contributed by atoms with van der Waals surface area (Å²) in [6.07, 6.45) is 6.72. The quantitative estimate of drug-likeness (QED) is 0.317. The van der Waals surface area contributed by atoms with Crippen LogP contribution in [0.25, 0.3) is 22.2 Å². The fraction of sp³-hybridized carbons (Fsp3) is 0.241. The van der Waals surface area contributed by atoms with E-state index in [1.165, 1.54) is 14.1 Å². The molecule has 3 aromatic heterocycles. The highest BCUT2D eigenvalue weighted by Gasteiger charge is 2.29. The van der Waals surface area contributed by atoms with Crippen LogP contribution in [0.15, 0.2) is 88.9 Å². The van der Waals surface area contributed by atoms with Gasteiger partial charge in [-0.25, -0.2) is 12.4 Å². The Bertz CT molecular complexity index is 1800. The van der Waals surface area contributed by atoms with Crippen molar-refractivity contribution in [2.24, 2.45) is 7.05 Å². The van der Waals surface area contributed by atoms with Gasteiger partial charge in [0.15, 0.2) is 0 Å². The highest BCUT2D eigenvalue weighted by molar-refractivity contribution is 7.90. The van der Waals surface area contributed by atoms with Crippen LogP contribution in [0.5, 0.6) is 0 Å². The normalized spacial score (nSPS) is 14.2. The summed E-state index contributed by atoms with van der Waals surface area (Å²) in [5.74, 6) is 0. The molecule has 6 rings (SSSR count). The maximum absolute atomic E-state index is 14.1. The Hall–Kier alpha value is -3.95. The molecule has 0 spiro atoms. The van der Waals surface area contributed by atoms with Gasteiger partial charge in [0.1, 0.15) is 5.52 Å². The first-order valence-corrected chi connectivity index (χ1v) is 14.0. The standard InChI is InChI=1S/C29H28N4O4S/c1-20-8-12-25(13-9-20)38(35,36)33-27(23-15-30-32(17-23)24-18-37-19-24)14-26-22(16-31(2)29(34)28(26)33)11-10-21-6-4-3-5-7-21/h3-9,12-17,24H,10-11,18-19H2,1-2H3. The summed E-state index contributed by atoms with van der Waals surface area (Å²) < 4.78 is 38.1. The van der Waals surface area contributed by atoms with E-state index in [0.717, 1.165) is 17.5 Å². The second kappa shape index (κ2) is 9.41. The summed E-state index contributed by atoms with van der Waals surface area (Å²) in [7, 11) is -2.44. The predicted octanol–water partition coefficient (Wildman–Crippen LogP) is 4.11. The smallest absolute Gasteiger partial charge is 0.275 e. The highest BCUT2D eigenvalue weighted by Crippen LogP contribution is 2.33. The summed E-state index contributed by atoms with van der Waals surface area (Å²) >= 11 is 0. The van der Waals surface area contributed by atoms with Crippen LogP contribution in [0.3, 0.4) is 0 Å². The summed E-state index contributed by atoms with van der Waals surface area (Å²) in [5, 5.41) is 5.11. The van der Waals surface area contributed by atoms with E-state index in [0.29, 0.717) is 36.3 Å². The van der Waals surface area contributed by atoms with Crippen molar-refractivity contribution in [3.63, 3.8) is 0 Å². The lowest BCUT2D eigenvalue weighted by Crippen LogP contribution is -2.30. The van der Waals surface area contributed by atoms with Gasteiger partial charge in [0, 0.05) is 30.4 Å². The zero-order valence-corrected chi connectivity index (χ0v) is 22.1. The molecule has 2 aromatic carbocycles. The number of fused-ring (bicyclic) bond motifs is 1. The fourth-order valence-corrected chi connectivity index (χ4v) is 6.43. The van der Waals surface area contributed by atoms with E-state index in [1.54, 1.807) is 42.2 Å². The van der Waals surface area contributed by atoms with Gasteiger partial charge in [-0.05, 0) is 49.1 Å². The van der Waals surface area contributed by atoms with Crippen LogP contribution in [0.1, 0.15) is 22.7 Å². The Kier molecular flexibility index (Phi) is 6.04. The molecule has 0 radical (unpaired) electrons. The lowest BCUT2D eigenvalue weighted by Gasteiger charge is -2.25. The molecule has 9 heteroatoms. The molecule has 0 atom stereocenters. The molecule has 1 aliphatic rings. The van der Waals surface area contributed by atoms with Crippen LogP contribution >= 0.6 is 0 Å². The van der Waals surface area contributed by atoms with Crippen molar-refractivity contribution in [1.29, 1.82) is 0 Å². The zero-order valence-electron chi connectivity index (χ0n) is 21.2. The molecular weight excluding hydrogens is 500 g/mol. The molecule has 1 aliphatic heterocycles. The van der Waals surface area contributed by atoms with Crippen LogP contribution in [-0.4, -0.2) is 40.0 Å². The molecule has 38 heavy (non-hydrogen) atoms. The largest absolute Gasteiger partial charge is 0.377 e. The Morgan fingerprint density at radius 2 is 1.74 bits per heavy atom. The molecule has 194 valence electrons. The number of rotatable bonds is 7. The number of nitrogens with zero attached hydrogens (tertiary/aromatic N) is 4. The Morgan fingerprint density at radius 3 is 2.42 bits per heavy atom. The number of aromatic nitrogens is 4. The first-order valence-electron chi connectivity index (χ1n) is 12.6. The van der Waals surface area contributed by atoms with Crippen molar-refractivity contribution >= 4 is 20.9 Å². The number of aryl methyl sites for hydroxylation is 4. The maximum Gasteiger partial charge on any atom is 0.275 e. The Labute approximate surface area is 220 Å². The molecule has 8 nitrogen and oxygen atoms in total. The van der Waals surface area contributed by atoms with Crippen molar-refractivity contribution in [3.05, 3.63) is 106 Å². The van der Waals surface area contributed by atoms with Gasteiger partial charge in [-0.1, -0.05) is 48.0 Å². The van der Waals surface area contributed by atoms with Crippen LogP contribution < -0.4 is 5.56 Å². The first kappa shape index (κ1) is 24.4. The van der Waals surface area contributed by atoms with Crippen molar-refractivity contribution in [2.45, 2.75) is 30.7 Å².